The van der Waals surface area contributed by atoms with Crippen LogP contribution in [0.15, 0.2) is 5.38 Å². The first-order valence-electron chi connectivity index (χ1n) is 6.38. The van der Waals surface area contributed by atoms with Crippen molar-refractivity contribution in [1.82, 2.24) is 4.98 Å². The van der Waals surface area contributed by atoms with Crippen LogP contribution in [0.3, 0.4) is 0 Å². The van der Waals surface area contributed by atoms with Crippen LogP contribution in [0.4, 0.5) is 5.13 Å². The van der Waals surface area contributed by atoms with Crippen molar-refractivity contribution < 1.29 is 4.79 Å². The van der Waals surface area contributed by atoms with Gasteiger partial charge in [0.15, 0.2) is 5.13 Å². The van der Waals surface area contributed by atoms with Crippen LogP contribution in [-0.4, -0.2) is 16.4 Å². The highest BCUT2D eigenvalue weighted by molar-refractivity contribution is 7.14. The van der Waals surface area contributed by atoms with Crippen LogP contribution >= 0.6 is 11.3 Å². The number of nitrogens with two attached hydrogens (primary N) is 1. The van der Waals surface area contributed by atoms with E-state index in [4.69, 9.17) is 5.73 Å². The molecule has 0 saturated heterocycles. The van der Waals surface area contributed by atoms with E-state index < -0.39 is 5.54 Å². The molecule has 1 saturated carbocycles. The Labute approximate surface area is 112 Å². The normalized spacial score (nSPS) is 18.9. The summed E-state index contributed by atoms with van der Waals surface area (Å²) in [7, 11) is 0. The number of amides is 1. The molecule has 2 rings (SSSR count). The summed E-state index contributed by atoms with van der Waals surface area (Å²) in [6.45, 7) is 6.32. The number of nitrogens with zero attached hydrogens (tertiary/aromatic N) is 1. The number of nitrogens with one attached hydrogen (secondary N) is 1. The molecule has 1 amide bonds. The quantitative estimate of drug-likeness (QED) is 0.865. The van der Waals surface area contributed by atoms with E-state index >= 15 is 0 Å². The van der Waals surface area contributed by atoms with Crippen molar-refractivity contribution in [3.05, 3.63) is 11.1 Å². The van der Waals surface area contributed by atoms with E-state index in [0.717, 1.165) is 31.4 Å². The van der Waals surface area contributed by atoms with Crippen molar-refractivity contribution in [2.45, 2.75) is 57.4 Å². The van der Waals surface area contributed by atoms with Crippen LogP contribution < -0.4 is 11.1 Å². The number of carbonyl (C=O) groups excluding carboxylic acids is 1. The van der Waals surface area contributed by atoms with Gasteiger partial charge < -0.3 is 11.1 Å². The zero-order chi connectivity index (χ0) is 13.4. The van der Waals surface area contributed by atoms with Crippen molar-refractivity contribution in [1.29, 1.82) is 0 Å². The van der Waals surface area contributed by atoms with Gasteiger partial charge in [-0.05, 0) is 12.8 Å². The maximum atomic E-state index is 12.1. The summed E-state index contributed by atoms with van der Waals surface area (Å²) in [4.78, 5) is 16.6. The molecule has 1 aromatic rings. The van der Waals surface area contributed by atoms with E-state index in [0.29, 0.717) is 5.13 Å². The van der Waals surface area contributed by atoms with Gasteiger partial charge in [-0.25, -0.2) is 4.98 Å². The molecule has 0 spiro atoms. The average molecular weight is 267 g/mol. The van der Waals surface area contributed by atoms with Crippen LogP contribution in [0.25, 0.3) is 0 Å². The third kappa shape index (κ3) is 2.72. The van der Waals surface area contributed by atoms with Gasteiger partial charge >= 0.3 is 0 Å². The largest absolute Gasteiger partial charge is 0.317 e. The van der Waals surface area contributed by atoms with Gasteiger partial charge in [0.2, 0.25) is 5.91 Å². The maximum Gasteiger partial charge on any atom is 0.246 e. The highest BCUT2D eigenvalue weighted by atomic mass is 32.1. The second-order valence-corrected chi connectivity index (χ2v) is 6.96. The van der Waals surface area contributed by atoms with Crippen LogP contribution in [0, 0.1) is 0 Å². The molecule has 0 radical (unpaired) electrons. The van der Waals surface area contributed by atoms with Crippen LogP contribution in [-0.2, 0) is 10.2 Å². The molecule has 1 aromatic heterocycles. The second-order valence-electron chi connectivity index (χ2n) is 6.11. The number of anilines is 1. The third-order valence-electron chi connectivity index (χ3n) is 3.44. The fourth-order valence-corrected chi connectivity index (χ4v) is 3.06. The number of hydrogen-bond donors (Lipinski definition) is 2. The fraction of sp³-hybridized carbons (Fsp3) is 0.692. The van der Waals surface area contributed by atoms with E-state index in [1.54, 1.807) is 0 Å². The lowest BCUT2D eigenvalue weighted by Crippen LogP contribution is -2.48. The molecule has 1 heterocycles. The van der Waals surface area contributed by atoms with E-state index in [1.165, 1.54) is 11.3 Å². The highest BCUT2D eigenvalue weighted by Crippen LogP contribution is 2.30. The first-order chi connectivity index (χ1) is 8.31. The van der Waals surface area contributed by atoms with Gasteiger partial charge in [0, 0.05) is 10.8 Å². The predicted molar refractivity (Wildman–Crippen MR) is 74.8 cm³/mol. The Morgan fingerprint density at radius 3 is 2.56 bits per heavy atom. The van der Waals surface area contributed by atoms with E-state index in [2.05, 4.69) is 31.1 Å². The van der Waals surface area contributed by atoms with Crippen molar-refractivity contribution in [2.24, 2.45) is 5.73 Å². The SMILES string of the molecule is CC(C)(C)c1csc(NC(=O)C2(N)CCCC2)n1. The Hall–Kier alpha value is -0.940. The summed E-state index contributed by atoms with van der Waals surface area (Å²) in [6.07, 6.45) is 3.62. The smallest absolute Gasteiger partial charge is 0.246 e. The Kier molecular flexibility index (Phi) is 3.47. The lowest BCUT2D eigenvalue weighted by molar-refractivity contribution is -0.121. The number of hydrogen-bond acceptors (Lipinski definition) is 4. The summed E-state index contributed by atoms with van der Waals surface area (Å²) in [5, 5.41) is 5.51. The Balaban J connectivity index is 2.06. The van der Waals surface area contributed by atoms with Gasteiger partial charge in [-0.2, -0.15) is 0 Å². The predicted octanol–water partition coefficient (Wildman–Crippen LogP) is 2.65. The zero-order valence-electron chi connectivity index (χ0n) is 11.2. The van der Waals surface area contributed by atoms with Gasteiger partial charge in [0.25, 0.3) is 0 Å². The maximum absolute atomic E-state index is 12.1. The molecule has 0 aromatic carbocycles. The fourth-order valence-electron chi connectivity index (χ4n) is 2.13. The minimum atomic E-state index is -0.687. The van der Waals surface area contributed by atoms with Gasteiger partial charge in [0.05, 0.1) is 11.2 Å². The molecule has 1 aliphatic carbocycles. The summed E-state index contributed by atoms with van der Waals surface area (Å²) in [5.41, 5.74) is 6.43. The van der Waals surface area contributed by atoms with Crippen molar-refractivity contribution in [2.75, 3.05) is 5.32 Å². The molecule has 5 heteroatoms. The van der Waals surface area contributed by atoms with E-state index in [1.807, 2.05) is 5.38 Å². The van der Waals surface area contributed by atoms with Crippen molar-refractivity contribution in [3.63, 3.8) is 0 Å². The summed E-state index contributed by atoms with van der Waals surface area (Å²) in [6, 6.07) is 0. The number of carbonyl (C=O) groups is 1. The van der Waals surface area contributed by atoms with Gasteiger partial charge in [0.1, 0.15) is 0 Å². The van der Waals surface area contributed by atoms with Crippen LogP contribution in [0.1, 0.15) is 52.1 Å². The zero-order valence-corrected chi connectivity index (χ0v) is 12.1. The summed E-state index contributed by atoms with van der Waals surface area (Å²) >= 11 is 1.46. The lowest BCUT2D eigenvalue weighted by atomic mass is 9.93. The minimum absolute atomic E-state index is 0.00718. The molecule has 1 aliphatic rings. The molecule has 100 valence electrons. The highest BCUT2D eigenvalue weighted by Gasteiger charge is 2.37. The Morgan fingerprint density at radius 2 is 2.06 bits per heavy atom. The molecule has 0 unspecified atom stereocenters. The van der Waals surface area contributed by atoms with E-state index in [9.17, 15) is 4.79 Å². The van der Waals surface area contributed by atoms with E-state index in [-0.39, 0.29) is 11.3 Å². The molecular formula is C13H21N3OS. The molecule has 3 N–H and O–H groups in total. The summed E-state index contributed by atoms with van der Waals surface area (Å²) in [5.74, 6) is -0.0881. The molecule has 0 aliphatic heterocycles. The number of rotatable bonds is 2. The van der Waals surface area contributed by atoms with Crippen molar-refractivity contribution >= 4 is 22.4 Å². The molecule has 0 bridgehead atoms. The molecule has 1 fully saturated rings. The first kappa shape index (κ1) is 13.5. The Morgan fingerprint density at radius 1 is 1.44 bits per heavy atom. The Bertz CT molecular complexity index is 441. The number of thiazole rings is 1. The standard InChI is InChI=1S/C13H21N3OS/c1-12(2,3)9-8-18-11(15-9)16-10(17)13(14)6-4-5-7-13/h8H,4-7,14H2,1-3H3,(H,15,16,17). The van der Waals surface area contributed by atoms with Gasteiger partial charge in [-0.15, -0.1) is 11.3 Å². The third-order valence-corrected chi connectivity index (χ3v) is 4.20. The first-order valence-corrected chi connectivity index (χ1v) is 7.26. The van der Waals surface area contributed by atoms with Crippen LogP contribution in [0.2, 0.25) is 0 Å². The average Bonchev–Trinajstić information content (AvgIpc) is 2.86. The topological polar surface area (TPSA) is 68.0 Å². The molecule has 18 heavy (non-hydrogen) atoms. The van der Waals surface area contributed by atoms with Gasteiger partial charge in [-0.1, -0.05) is 33.6 Å². The monoisotopic (exact) mass is 267 g/mol. The molecular weight excluding hydrogens is 246 g/mol. The second kappa shape index (κ2) is 4.63. The minimum Gasteiger partial charge on any atom is -0.317 e. The lowest BCUT2D eigenvalue weighted by Gasteiger charge is -2.21. The molecule has 0 atom stereocenters. The van der Waals surface area contributed by atoms with Crippen molar-refractivity contribution in [3.8, 4) is 0 Å². The van der Waals surface area contributed by atoms with Gasteiger partial charge in [-0.3, -0.25) is 4.79 Å². The molecule has 4 nitrogen and oxygen atoms in total. The van der Waals surface area contributed by atoms with Crippen LogP contribution in [0.5, 0.6) is 0 Å². The number of aromatic nitrogens is 1. The summed E-state index contributed by atoms with van der Waals surface area (Å²) < 4.78 is 0.